The number of halogens is 2. The van der Waals surface area contributed by atoms with E-state index in [1.54, 1.807) is 24.6 Å². The summed E-state index contributed by atoms with van der Waals surface area (Å²) in [6.07, 6.45) is 2.17. The Balaban J connectivity index is 2.68. The maximum Gasteiger partial charge on any atom is 0.224 e. The third-order valence-corrected chi connectivity index (χ3v) is 2.33. The average molecular weight is 231 g/mol. The molecule has 1 amide bonds. The number of anilines is 1. The van der Waals surface area contributed by atoms with Gasteiger partial charge < -0.3 is 5.32 Å². The van der Waals surface area contributed by atoms with Crippen LogP contribution in [0.3, 0.4) is 0 Å². The molecule has 0 bridgehead atoms. The van der Waals surface area contributed by atoms with Gasteiger partial charge in [-0.25, -0.2) is 0 Å². The Morgan fingerprint density at radius 3 is 2.71 bits per heavy atom. The molecule has 0 aromatic heterocycles. The van der Waals surface area contributed by atoms with Crippen LogP contribution in [0.2, 0.25) is 10.0 Å². The maximum atomic E-state index is 11.2. The SMILES string of the molecule is C[CH]CC(=O)Nc1ccc(Cl)c(Cl)c1. The molecule has 0 aliphatic rings. The second-order valence-electron chi connectivity index (χ2n) is 2.79. The summed E-state index contributed by atoms with van der Waals surface area (Å²) >= 11 is 11.5. The van der Waals surface area contributed by atoms with Crippen molar-refractivity contribution in [3.05, 3.63) is 34.7 Å². The summed E-state index contributed by atoms with van der Waals surface area (Å²) in [5, 5.41) is 3.61. The number of nitrogens with one attached hydrogen (secondary N) is 1. The smallest absolute Gasteiger partial charge is 0.224 e. The summed E-state index contributed by atoms with van der Waals surface area (Å²) in [6.45, 7) is 1.83. The van der Waals surface area contributed by atoms with Crippen molar-refractivity contribution in [1.82, 2.24) is 0 Å². The first kappa shape index (κ1) is 11.3. The molecule has 2 nitrogen and oxygen atoms in total. The van der Waals surface area contributed by atoms with Crippen molar-refractivity contribution in [2.24, 2.45) is 0 Å². The van der Waals surface area contributed by atoms with Crippen molar-refractivity contribution in [3.63, 3.8) is 0 Å². The highest BCUT2D eigenvalue weighted by molar-refractivity contribution is 6.42. The molecule has 0 aliphatic carbocycles. The highest BCUT2D eigenvalue weighted by Crippen LogP contribution is 2.24. The molecule has 1 rings (SSSR count). The minimum Gasteiger partial charge on any atom is -0.326 e. The lowest BCUT2D eigenvalue weighted by atomic mass is 10.3. The number of carbonyl (C=O) groups is 1. The van der Waals surface area contributed by atoms with E-state index in [0.717, 1.165) is 0 Å². The van der Waals surface area contributed by atoms with Crippen molar-refractivity contribution < 1.29 is 4.79 Å². The Hall–Kier alpha value is -0.730. The molecule has 0 fully saturated rings. The van der Waals surface area contributed by atoms with Crippen LogP contribution in [0.15, 0.2) is 18.2 Å². The standard InChI is InChI=1S/C10H10Cl2NO/c1-2-3-10(14)13-7-4-5-8(11)9(12)6-7/h2,4-6H,3H2,1H3,(H,13,14). The lowest BCUT2D eigenvalue weighted by Crippen LogP contribution is -2.10. The Morgan fingerprint density at radius 2 is 2.14 bits per heavy atom. The van der Waals surface area contributed by atoms with Crippen molar-refractivity contribution in [1.29, 1.82) is 0 Å². The molecule has 0 aliphatic heterocycles. The van der Waals surface area contributed by atoms with E-state index in [-0.39, 0.29) is 5.91 Å². The van der Waals surface area contributed by atoms with E-state index in [1.165, 1.54) is 0 Å². The third-order valence-electron chi connectivity index (χ3n) is 1.59. The maximum absolute atomic E-state index is 11.2. The van der Waals surface area contributed by atoms with Crippen LogP contribution in [-0.2, 0) is 4.79 Å². The van der Waals surface area contributed by atoms with Gasteiger partial charge in [-0.05, 0) is 24.6 Å². The van der Waals surface area contributed by atoms with Gasteiger partial charge in [0.15, 0.2) is 0 Å². The molecular formula is C10H10Cl2NO. The van der Waals surface area contributed by atoms with E-state index in [2.05, 4.69) is 5.32 Å². The monoisotopic (exact) mass is 230 g/mol. The molecule has 0 saturated carbocycles. The number of hydrogen-bond donors (Lipinski definition) is 1. The van der Waals surface area contributed by atoms with E-state index < -0.39 is 0 Å². The highest BCUT2D eigenvalue weighted by Gasteiger charge is 2.02. The minimum atomic E-state index is -0.0640. The van der Waals surface area contributed by atoms with Crippen LogP contribution >= 0.6 is 23.2 Å². The summed E-state index contributed by atoms with van der Waals surface area (Å²) in [5.41, 5.74) is 0.659. The fourth-order valence-corrected chi connectivity index (χ4v) is 1.27. The van der Waals surface area contributed by atoms with Gasteiger partial charge in [-0.2, -0.15) is 0 Å². The summed E-state index contributed by atoms with van der Waals surface area (Å²) in [5.74, 6) is -0.0640. The van der Waals surface area contributed by atoms with Crippen molar-refractivity contribution >= 4 is 34.8 Å². The van der Waals surface area contributed by atoms with Crippen LogP contribution in [0.1, 0.15) is 13.3 Å². The predicted molar refractivity (Wildman–Crippen MR) is 59.7 cm³/mol. The summed E-state index contributed by atoms with van der Waals surface area (Å²) in [6, 6.07) is 4.98. The molecule has 0 spiro atoms. The molecule has 0 atom stereocenters. The van der Waals surface area contributed by atoms with Crippen LogP contribution in [0.25, 0.3) is 0 Å². The molecular weight excluding hydrogens is 221 g/mol. The zero-order chi connectivity index (χ0) is 10.6. The lowest BCUT2D eigenvalue weighted by Gasteiger charge is -2.04. The van der Waals surface area contributed by atoms with Gasteiger partial charge in [0.1, 0.15) is 0 Å². The van der Waals surface area contributed by atoms with Gasteiger partial charge >= 0.3 is 0 Å². The second-order valence-corrected chi connectivity index (χ2v) is 3.60. The average Bonchev–Trinajstić information content (AvgIpc) is 2.12. The van der Waals surface area contributed by atoms with E-state index in [0.29, 0.717) is 22.2 Å². The summed E-state index contributed by atoms with van der Waals surface area (Å²) < 4.78 is 0. The van der Waals surface area contributed by atoms with E-state index in [9.17, 15) is 4.79 Å². The van der Waals surface area contributed by atoms with Crippen LogP contribution in [0, 0.1) is 6.42 Å². The number of benzene rings is 1. The number of hydrogen-bond acceptors (Lipinski definition) is 1. The zero-order valence-corrected chi connectivity index (χ0v) is 9.19. The first-order chi connectivity index (χ1) is 6.63. The Kier molecular flexibility index (Phi) is 4.23. The van der Waals surface area contributed by atoms with Gasteiger partial charge in [-0.1, -0.05) is 30.1 Å². The van der Waals surface area contributed by atoms with E-state index in [1.807, 2.05) is 6.92 Å². The minimum absolute atomic E-state index is 0.0640. The second kappa shape index (κ2) is 5.23. The molecule has 75 valence electrons. The molecule has 1 aromatic carbocycles. The van der Waals surface area contributed by atoms with Crippen LogP contribution in [0.4, 0.5) is 5.69 Å². The molecule has 0 heterocycles. The zero-order valence-electron chi connectivity index (χ0n) is 7.68. The number of carbonyl (C=O) groups excluding carboxylic acids is 1. The quantitative estimate of drug-likeness (QED) is 0.846. The highest BCUT2D eigenvalue weighted by atomic mass is 35.5. The first-order valence-electron chi connectivity index (χ1n) is 4.16. The Labute approximate surface area is 93.2 Å². The number of amides is 1. The van der Waals surface area contributed by atoms with Gasteiger partial charge in [0.05, 0.1) is 10.0 Å². The first-order valence-corrected chi connectivity index (χ1v) is 4.92. The van der Waals surface area contributed by atoms with Crippen LogP contribution in [0.5, 0.6) is 0 Å². The third kappa shape index (κ3) is 3.20. The summed E-state index contributed by atoms with van der Waals surface area (Å²) in [7, 11) is 0. The Bertz CT molecular complexity index is 339. The molecule has 1 radical (unpaired) electrons. The van der Waals surface area contributed by atoms with Crippen molar-refractivity contribution in [2.45, 2.75) is 13.3 Å². The van der Waals surface area contributed by atoms with E-state index >= 15 is 0 Å². The van der Waals surface area contributed by atoms with Crippen molar-refractivity contribution in [2.75, 3.05) is 5.32 Å². The van der Waals surface area contributed by atoms with Crippen LogP contribution in [-0.4, -0.2) is 5.91 Å². The topological polar surface area (TPSA) is 29.1 Å². The van der Waals surface area contributed by atoms with Gasteiger partial charge in [-0.3, -0.25) is 4.79 Å². The van der Waals surface area contributed by atoms with Gasteiger partial charge in [0.2, 0.25) is 5.91 Å². The van der Waals surface area contributed by atoms with E-state index in [4.69, 9.17) is 23.2 Å². The predicted octanol–water partition coefficient (Wildman–Crippen LogP) is 3.55. The van der Waals surface area contributed by atoms with Crippen molar-refractivity contribution in [3.8, 4) is 0 Å². The van der Waals surface area contributed by atoms with Gasteiger partial charge in [-0.15, -0.1) is 0 Å². The molecule has 4 heteroatoms. The fraction of sp³-hybridized carbons (Fsp3) is 0.200. The lowest BCUT2D eigenvalue weighted by molar-refractivity contribution is -0.115. The van der Waals surface area contributed by atoms with Gasteiger partial charge in [0, 0.05) is 12.1 Å². The summed E-state index contributed by atoms with van der Waals surface area (Å²) in [4.78, 5) is 11.2. The van der Waals surface area contributed by atoms with Gasteiger partial charge in [0.25, 0.3) is 0 Å². The number of rotatable bonds is 3. The molecule has 0 saturated heterocycles. The molecule has 1 aromatic rings. The fourth-order valence-electron chi connectivity index (χ4n) is 0.971. The molecule has 1 N–H and O–H groups in total. The molecule has 14 heavy (non-hydrogen) atoms. The molecule has 0 unspecified atom stereocenters. The Morgan fingerprint density at radius 1 is 1.43 bits per heavy atom. The van der Waals surface area contributed by atoms with Crippen LogP contribution < -0.4 is 5.32 Å². The normalized spacial score (nSPS) is 9.93. The largest absolute Gasteiger partial charge is 0.326 e.